The number of thiophene rings is 1. The van der Waals surface area contributed by atoms with Gasteiger partial charge < -0.3 is 10.4 Å². The molecule has 1 fully saturated rings. The highest BCUT2D eigenvalue weighted by Gasteiger charge is 2.55. The van der Waals surface area contributed by atoms with Crippen LogP contribution in [0.3, 0.4) is 0 Å². The molecule has 2 N–H and O–H groups in total. The summed E-state index contributed by atoms with van der Waals surface area (Å²) in [6.07, 6.45) is 2.06. The molecule has 1 unspecified atom stereocenters. The molecule has 1 amide bonds. The Labute approximate surface area is 225 Å². The summed E-state index contributed by atoms with van der Waals surface area (Å²) in [5.74, 6) is -2.04. The fourth-order valence-electron chi connectivity index (χ4n) is 5.55. The topological polar surface area (TPSA) is 101 Å². The monoisotopic (exact) mass is 557 g/mol. The number of sulfone groups is 1. The molecule has 0 radical (unpaired) electrons. The second kappa shape index (κ2) is 11.1. The van der Waals surface area contributed by atoms with Crippen molar-refractivity contribution in [3.05, 3.63) is 59.0 Å². The fourth-order valence-corrected chi connectivity index (χ4v) is 11.1. The number of benzene rings is 2. The van der Waals surface area contributed by atoms with Crippen LogP contribution >= 0.6 is 11.3 Å². The Morgan fingerprint density at radius 2 is 1.81 bits per heavy atom. The van der Waals surface area contributed by atoms with Crippen molar-refractivity contribution in [3.8, 4) is 10.4 Å². The van der Waals surface area contributed by atoms with Gasteiger partial charge in [-0.1, -0.05) is 50.1 Å². The summed E-state index contributed by atoms with van der Waals surface area (Å²) in [7, 11) is -2.50. The van der Waals surface area contributed by atoms with E-state index in [1.54, 1.807) is 13.1 Å². The van der Waals surface area contributed by atoms with Crippen molar-refractivity contribution >= 4 is 53.3 Å². The molecule has 4 rings (SSSR count). The Morgan fingerprint density at radius 3 is 2.49 bits per heavy atom. The normalized spacial score (nSPS) is 20.4. The number of carboxylic acids is 1. The maximum atomic E-state index is 13.7. The molecule has 0 saturated carbocycles. The van der Waals surface area contributed by atoms with Gasteiger partial charge in [0.25, 0.3) is 5.91 Å². The van der Waals surface area contributed by atoms with Crippen molar-refractivity contribution in [2.75, 3.05) is 12.8 Å². The first-order valence-electron chi connectivity index (χ1n) is 12.9. The van der Waals surface area contributed by atoms with Gasteiger partial charge in [-0.2, -0.15) is 0 Å². The van der Waals surface area contributed by atoms with Gasteiger partial charge in [0.2, 0.25) is 0 Å². The molecule has 0 bridgehead atoms. The van der Waals surface area contributed by atoms with Crippen LogP contribution in [0.5, 0.6) is 0 Å². The van der Waals surface area contributed by atoms with Gasteiger partial charge in [-0.3, -0.25) is 9.59 Å². The Hall–Kier alpha value is -2.49. The minimum absolute atomic E-state index is 0.0370. The van der Waals surface area contributed by atoms with Gasteiger partial charge in [-0.15, -0.1) is 11.3 Å². The number of fused-ring (bicyclic) bond motifs is 1. The van der Waals surface area contributed by atoms with Gasteiger partial charge in [-0.25, -0.2) is 8.42 Å². The van der Waals surface area contributed by atoms with Gasteiger partial charge in [0, 0.05) is 31.9 Å². The number of amides is 1. The largest absolute Gasteiger partial charge is 0.481 e. The average molecular weight is 558 g/mol. The number of carbonyl (C=O) groups is 2. The summed E-state index contributed by atoms with van der Waals surface area (Å²) in [6, 6.07) is 16.1. The van der Waals surface area contributed by atoms with E-state index >= 15 is 0 Å². The Bertz CT molecular complexity index is 1410. The summed E-state index contributed by atoms with van der Waals surface area (Å²) in [5, 5.41) is 14.8. The van der Waals surface area contributed by atoms with E-state index in [9.17, 15) is 23.1 Å². The summed E-state index contributed by atoms with van der Waals surface area (Å²) < 4.78 is 26.0. The Morgan fingerprint density at radius 1 is 1.08 bits per heavy atom. The molecule has 2 aromatic carbocycles. The molecule has 1 aliphatic heterocycles. The third kappa shape index (κ3) is 5.40. The van der Waals surface area contributed by atoms with Crippen LogP contribution in [0.25, 0.3) is 21.2 Å². The number of aliphatic carboxylic acids is 1. The number of hydrogen-bond acceptors (Lipinski definition) is 5. The second-order valence-corrected chi connectivity index (χ2v) is 16.8. The zero-order chi connectivity index (χ0) is 26.8. The molecule has 1 aliphatic rings. The van der Waals surface area contributed by atoms with Crippen LogP contribution in [0.15, 0.2) is 48.5 Å². The molecule has 3 aromatic rings. The van der Waals surface area contributed by atoms with Gasteiger partial charge in [-0.05, 0) is 65.9 Å². The smallest absolute Gasteiger partial charge is 0.308 e. The molecule has 9 heteroatoms. The Kier molecular flexibility index (Phi) is 8.25. The van der Waals surface area contributed by atoms with Crippen LogP contribution in [-0.4, -0.2) is 47.7 Å². The number of carbonyl (C=O) groups excluding carboxylic acids is 1. The number of nitrogens with one attached hydrogen (secondary N) is 1. The lowest BCUT2D eigenvalue weighted by Gasteiger charge is -2.40. The van der Waals surface area contributed by atoms with E-state index in [0.29, 0.717) is 41.7 Å². The minimum Gasteiger partial charge on any atom is -0.481 e. The molecule has 1 aromatic heterocycles. The predicted molar refractivity (Wildman–Crippen MR) is 154 cm³/mol. The molecule has 6 nitrogen and oxygen atoms in total. The molecule has 0 aliphatic carbocycles. The number of rotatable bonds is 9. The standard InChI is InChI=1S/C28H35NO5S2Si/c1-18(2)37-15-12-23(27(31)32)28(13-4-5-14-36(28,33)34)25-11-10-24(35-25)21-8-6-20-17-22(26(30)29-3)9-7-19(20)16-21/h6-11,16-18,23H,4-5,12-15,37H2,1-3H3,(H,29,30)(H,31,32)/t23?,28-/m0/s1. The molecule has 198 valence electrons. The van der Waals surface area contributed by atoms with E-state index < -0.39 is 36.0 Å². The van der Waals surface area contributed by atoms with Crippen LogP contribution in [0.1, 0.15) is 54.8 Å². The van der Waals surface area contributed by atoms with E-state index in [1.807, 2.05) is 42.5 Å². The maximum absolute atomic E-state index is 13.7. The summed E-state index contributed by atoms with van der Waals surface area (Å²) >= 11 is 1.40. The third-order valence-corrected chi connectivity index (χ3v) is 13.6. The van der Waals surface area contributed by atoms with Gasteiger partial charge in [0.05, 0.1) is 11.7 Å². The zero-order valence-corrected chi connectivity index (χ0v) is 24.7. The molecule has 2 heterocycles. The highest BCUT2D eigenvalue weighted by molar-refractivity contribution is 7.92. The molecule has 1 saturated heterocycles. The lowest BCUT2D eigenvalue weighted by atomic mass is 9.83. The van der Waals surface area contributed by atoms with Gasteiger partial charge >= 0.3 is 5.97 Å². The van der Waals surface area contributed by atoms with E-state index in [-0.39, 0.29) is 11.7 Å². The summed E-state index contributed by atoms with van der Waals surface area (Å²) in [6.45, 7) is 4.31. The summed E-state index contributed by atoms with van der Waals surface area (Å²) in [4.78, 5) is 26.1. The Balaban J connectivity index is 1.75. The van der Waals surface area contributed by atoms with Crippen molar-refractivity contribution in [2.45, 2.75) is 55.9 Å². The highest BCUT2D eigenvalue weighted by Crippen LogP contribution is 2.51. The maximum Gasteiger partial charge on any atom is 0.308 e. The first-order chi connectivity index (χ1) is 17.6. The van der Waals surface area contributed by atoms with Crippen LogP contribution in [0.2, 0.25) is 11.6 Å². The molecular weight excluding hydrogens is 523 g/mol. The van der Waals surface area contributed by atoms with Crippen LogP contribution in [0.4, 0.5) is 0 Å². The third-order valence-electron chi connectivity index (χ3n) is 7.54. The van der Waals surface area contributed by atoms with Crippen molar-refractivity contribution in [1.29, 1.82) is 0 Å². The predicted octanol–water partition coefficient (Wildman–Crippen LogP) is 5.23. The fraction of sp³-hybridized carbons (Fsp3) is 0.429. The van der Waals surface area contributed by atoms with Crippen LogP contribution in [-0.2, 0) is 19.4 Å². The van der Waals surface area contributed by atoms with Crippen molar-refractivity contribution in [2.24, 2.45) is 5.92 Å². The SMILES string of the molecule is CNC(=O)c1ccc2cc(-c3ccc([C@@]4(C(CC[SiH2]C(C)C)C(=O)O)CCCCS4(=O)=O)s3)ccc2c1. The first kappa shape index (κ1) is 27.5. The van der Waals surface area contributed by atoms with E-state index in [2.05, 4.69) is 19.2 Å². The molecular formula is C28H35NO5S2Si. The van der Waals surface area contributed by atoms with E-state index in [1.165, 1.54) is 11.3 Å². The first-order valence-corrected chi connectivity index (χ1v) is 17.2. The van der Waals surface area contributed by atoms with Crippen LogP contribution in [0, 0.1) is 5.92 Å². The van der Waals surface area contributed by atoms with Crippen molar-refractivity contribution < 1.29 is 23.1 Å². The minimum atomic E-state index is -3.64. The van der Waals surface area contributed by atoms with Crippen molar-refractivity contribution in [1.82, 2.24) is 5.32 Å². The second-order valence-electron chi connectivity index (χ2n) is 10.4. The average Bonchev–Trinajstić information content (AvgIpc) is 3.36. The zero-order valence-electron chi connectivity index (χ0n) is 21.6. The number of carboxylic acid groups (broad SMARTS) is 1. The highest BCUT2D eigenvalue weighted by atomic mass is 32.2. The summed E-state index contributed by atoms with van der Waals surface area (Å²) in [5.41, 5.74) is 2.10. The van der Waals surface area contributed by atoms with E-state index in [0.717, 1.165) is 27.3 Å². The lowest BCUT2D eigenvalue weighted by Crippen LogP contribution is -2.49. The lowest BCUT2D eigenvalue weighted by molar-refractivity contribution is -0.143. The molecule has 37 heavy (non-hydrogen) atoms. The van der Waals surface area contributed by atoms with Gasteiger partial charge in [0.15, 0.2) is 9.84 Å². The quantitative estimate of drug-likeness (QED) is 0.351. The van der Waals surface area contributed by atoms with Gasteiger partial charge in [0.1, 0.15) is 4.75 Å². The molecule has 2 atom stereocenters. The number of hydrogen-bond donors (Lipinski definition) is 2. The van der Waals surface area contributed by atoms with Crippen LogP contribution < -0.4 is 5.32 Å². The van der Waals surface area contributed by atoms with Crippen molar-refractivity contribution in [3.63, 3.8) is 0 Å². The molecule has 0 spiro atoms. The van der Waals surface area contributed by atoms with E-state index in [4.69, 9.17) is 0 Å².